The number of rotatable bonds is 8. The van der Waals surface area contributed by atoms with Crippen molar-refractivity contribution in [1.82, 2.24) is 4.98 Å². The molecule has 0 unspecified atom stereocenters. The summed E-state index contributed by atoms with van der Waals surface area (Å²) in [6.45, 7) is 2.84. The highest BCUT2D eigenvalue weighted by Crippen LogP contribution is 2.23. The topological polar surface area (TPSA) is 74.7 Å². The minimum absolute atomic E-state index is 0.0160. The van der Waals surface area contributed by atoms with Gasteiger partial charge in [-0.1, -0.05) is 0 Å². The van der Waals surface area contributed by atoms with E-state index >= 15 is 0 Å². The van der Waals surface area contributed by atoms with E-state index in [4.69, 9.17) is 14.2 Å². The number of carbonyl (C=O) groups is 2. The highest BCUT2D eigenvalue weighted by Gasteiger charge is 2.32. The lowest BCUT2D eigenvalue weighted by atomic mass is 10.1. The highest BCUT2D eigenvalue weighted by atomic mass is 19.1. The Hall–Kier alpha value is -3.03. The number of ether oxygens (including phenoxy) is 3. The van der Waals surface area contributed by atoms with Crippen LogP contribution in [0.2, 0.25) is 0 Å². The van der Waals surface area contributed by atoms with E-state index in [-0.39, 0.29) is 25.4 Å². The van der Waals surface area contributed by atoms with Crippen LogP contribution in [0, 0.1) is 11.6 Å². The maximum absolute atomic E-state index is 13.6. The smallest absolute Gasteiger partial charge is 0.349 e. The van der Waals surface area contributed by atoms with Crippen LogP contribution in [0.15, 0.2) is 42.7 Å². The molecule has 0 amide bonds. The van der Waals surface area contributed by atoms with Gasteiger partial charge in [0.2, 0.25) is 0 Å². The number of nitrogens with zero attached hydrogens (tertiary/aromatic N) is 1. The molecular formula is C19H19F2NO5. The molecule has 1 aromatic carbocycles. The van der Waals surface area contributed by atoms with Gasteiger partial charge in [-0.3, -0.25) is 4.98 Å². The molecule has 0 atom stereocenters. The first-order valence-electron chi connectivity index (χ1n) is 8.18. The molecule has 2 rings (SSSR count). The van der Waals surface area contributed by atoms with Crippen molar-refractivity contribution in [2.45, 2.75) is 25.9 Å². The monoisotopic (exact) mass is 379 g/mol. The van der Waals surface area contributed by atoms with Crippen molar-refractivity contribution >= 4 is 11.9 Å². The van der Waals surface area contributed by atoms with Gasteiger partial charge in [0.1, 0.15) is 5.82 Å². The summed E-state index contributed by atoms with van der Waals surface area (Å²) in [5.41, 5.74) is -1.16. The largest absolute Gasteiger partial charge is 0.473 e. The second-order valence-corrected chi connectivity index (χ2v) is 6.05. The SMILES string of the molecule is CC(C)(Oc1ccc(F)cc1F)C(=O)OCCCOC(=O)c1cccnc1. The van der Waals surface area contributed by atoms with Crippen LogP contribution < -0.4 is 4.74 Å². The van der Waals surface area contributed by atoms with E-state index in [2.05, 4.69) is 4.98 Å². The molecule has 0 aliphatic carbocycles. The molecule has 0 aliphatic rings. The minimum atomic E-state index is -1.48. The fraction of sp³-hybridized carbons (Fsp3) is 0.316. The lowest BCUT2D eigenvalue weighted by molar-refractivity contribution is -0.159. The number of hydrogen-bond acceptors (Lipinski definition) is 6. The zero-order valence-electron chi connectivity index (χ0n) is 14.9. The molecule has 0 saturated carbocycles. The van der Waals surface area contributed by atoms with Gasteiger partial charge in [-0.2, -0.15) is 0 Å². The highest BCUT2D eigenvalue weighted by molar-refractivity contribution is 5.88. The van der Waals surface area contributed by atoms with Gasteiger partial charge in [-0.15, -0.1) is 0 Å². The van der Waals surface area contributed by atoms with E-state index in [9.17, 15) is 18.4 Å². The van der Waals surface area contributed by atoms with Crippen LogP contribution in [-0.2, 0) is 14.3 Å². The first kappa shape index (κ1) is 20.3. The first-order chi connectivity index (χ1) is 12.8. The third-order valence-corrected chi connectivity index (χ3v) is 3.40. The Morgan fingerprint density at radius 2 is 1.85 bits per heavy atom. The van der Waals surface area contributed by atoms with Gasteiger partial charge in [0.25, 0.3) is 0 Å². The molecule has 0 bridgehead atoms. The zero-order valence-corrected chi connectivity index (χ0v) is 14.9. The molecule has 0 aliphatic heterocycles. The van der Waals surface area contributed by atoms with Crippen LogP contribution in [0.3, 0.4) is 0 Å². The Kier molecular flexibility index (Phi) is 6.81. The Morgan fingerprint density at radius 1 is 1.11 bits per heavy atom. The summed E-state index contributed by atoms with van der Waals surface area (Å²) in [4.78, 5) is 27.6. The van der Waals surface area contributed by atoms with Crippen molar-refractivity contribution < 1.29 is 32.6 Å². The Balaban J connectivity index is 1.75. The summed E-state index contributed by atoms with van der Waals surface area (Å²) in [5, 5.41) is 0. The summed E-state index contributed by atoms with van der Waals surface area (Å²) in [6.07, 6.45) is 3.20. The summed E-state index contributed by atoms with van der Waals surface area (Å²) in [6, 6.07) is 5.97. The molecule has 0 saturated heterocycles. The van der Waals surface area contributed by atoms with Crippen molar-refractivity contribution in [3.8, 4) is 5.75 Å². The van der Waals surface area contributed by atoms with Crippen LogP contribution in [0.5, 0.6) is 5.75 Å². The maximum Gasteiger partial charge on any atom is 0.349 e. The summed E-state index contributed by atoms with van der Waals surface area (Å²) in [7, 11) is 0. The van der Waals surface area contributed by atoms with Crippen LogP contribution in [0.1, 0.15) is 30.6 Å². The first-order valence-corrected chi connectivity index (χ1v) is 8.18. The van der Waals surface area contributed by atoms with Gasteiger partial charge in [0.15, 0.2) is 17.2 Å². The molecule has 0 N–H and O–H groups in total. The Morgan fingerprint density at radius 3 is 2.52 bits per heavy atom. The third kappa shape index (κ3) is 6.02. The number of halogens is 2. The van der Waals surface area contributed by atoms with Crippen LogP contribution in [-0.4, -0.2) is 35.7 Å². The molecule has 27 heavy (non-hydrogen) atoms. The van der Waals surface area contributed by atoms with Gasteiger partial charge in [0.05, 0.1) is 18.8 Å². The number of benzene rings is 1. The molecule has 0 spiro atoms. The fourth-order valence-corrected chi connectivity index (χ4v) is 2.00. The average molecular weight is 379 g/mol. The molecule has 8 heteroatoms. The van der Waals surface area contributed by atoms with Gasteiger partial charge in [-0.05, 0) is 38.1 Å². The van der Waals surface area contributed by atoms with E-state index in [1.165, 1.54) is 26.2 Å². The quantitative estimate of drug-likeness (QED) is 0.518. The summed E-state index contributed by atoms with van der Waals surface area (Å²) < 4.78 is 42.0. The number of carbonyl (C=O) groups excluding carboxylic acids is 2. The summed E-state index contributed by atoms with van der Waals surface area (Å²) in [5.74, 6) is -3.18. The number of aromatic nitrogens is 1. The Labute approximate surface area is 155 Å². The molecule has 1 aromatic heterocycles. The normalized spacial score (nSPS) is 11.0. The van der Waals surface area contributed by atoms with E-state index in [1.807, 2.05) is 0 Å². The Bertz CT molecular complexity index is 796. The van der Waals surface area contributed by atoms with Crippen molar-refractivity contribution in [3.63, 3.8) is 0 Å². The second-order valence-electron chi connectivity index (χ2n) is 6.05. The van der Waals surface area contributed by atoms with E-state index < -0.39 is 29.2 Å². The van der Waals surface area contributed by atoms with E-state index in [0.29, 0.717) is 11.6 Å². The second kappa shape index (κ2) is 9.07. The van der Waals surface area contributed by atoms with Gasteiger partial charge >= 0.3 is 11.9 Å². The molecule has 0 radical (unpaired) electrons. The standard InChI is InChI=1S/C19H19F2NO5/c1-19(2,27-16-7-6-14(20)11-15(16)21)18(24)26-10-4-9-25-17(23)13-5-3-8-22-12-13/h3,5-8,11-12H,4,9-10H2,1-2H3. The molecule has 144 valence electrons. The van der Waals surface area contributed by atoms with Gasteiger partial charge in [-0.25, -0.2) is 18.4 Å². The van der Waals surface area contributed by atoms with Crippen molar-refractivity contribution in [2.75, 3.05) is 13.2 Å². The number of pyridine rings is 1. The van der Waals surface area contributed by atoms with Gasteiger partial charge in [0, 0.05) is 24.9 Å². The molecular weight excluding hydrogens is 360 g/mol. The lowest BCUT2D eigenvalue weighted by Gasteiger charge is -2.24. The molecule has 1 heterocycles. The van der Waals surface area contributed by atoms with Crippen molar-refractivity contribution in [2.24, 2.45) is 0 Å². The molecule has 0 fully saturated rings. The van der Waals surface area contributed by atoms with E-state index in [1.54, 1.807) is 12.1 Å². The minimum Gasteiger partial charge on any atom is -0.473 e. The van der Waals surface area contributed by atoms with E-state index in [0.717, 1.165) is 12.1 Å². The molecule has 2 aromatic rings. The zero-order chi connectivity index (χ0) is 19.9. The van der Waals surface area contributed by atoms with Gasteiger partial charge < -0.3 is 14.2 Å². The van der Waals surface area contributed by atoms with Crippen molar-refractivity contribution in [3.05, 3.63) is 59.9 Å². The average Bonchev–Trinajstić information content (AvgIpc) is 2.64. The van der Waals surface area contributed by atoms with Crippen LogP contribution >= 0.6 is 0 Å². The predicted molar refractivity (Wildman–Crippen MR) is 91.2 cm³/mol. The summed E-state index contributed by atoms with van der Waals surface area (Å²) >= 11 is 0. The number of hydrogen-bond donors (Lipinski definition) is 0. The molecule has 6 nitrogen and oxygen atoms in total. The maximum atomic E-state index is 13.6. The predicted octanol–water partition coefficient (Wildman–Crippen LogP) is 3.31. The lowest BCUT2D eigenvalue weighted by Crippen LogP contribution is -2.40. The fourth-order valence-electron chi connectivity index (χ4n) is 2.00. The van der Waals surface area contributed by atoms with Crippen LogP contribution in [0.4, 0.5) is 8.78 Å². The van der Waals surface area contributed by atoms with Crippen molar-refractivity contribution in [1.29, 1.82) is 0 Å². The number of esters is 2. The van der Waals surface area contributed by atoms with Crippen LogP contribution in [0.25, 0.3) is 0 Å². The third-order valence-electron chi connectivity index (χ3n) is 3.40.